The molecule has 2 aromatic heterocycles. The second-order valence-corrected chi connectivity index (χ2v) is 6.07. The van der Waals surface area contributed by atoms with Crippen LogP contribution in [0.2, 0.25) is 0 Å². The van der Waals surface area contributed by atoms with Gasteiger partial charge in [0.25, 0.3) is 0 Å². The summed E-state index contributed by atoms with van der Waals surface area (Å²) in [5.74, 6) is 0. The van der Waals surface area contributed by atoms with Gasteiger partial charge in [0.05, 0.1) is 6.10 Å². The molecule has 22 heavy (non-hydrogen) atoms. The summed E-state index contributed by atoms with van der Waals surface area (Å²) in [4.78, 5) is 4.27. The maximum atomic E-state index is 5.83. The van der Waals surface area contributed by atoms with E-state index in [9.17, 15) is 0 Å². The van der Waals surface area contributed by atoms with Crippen molar-refractivity contribution in [1.29, 1.82) is 0 Å². The summed E-state index contributed by atoms with van der Waals surface area (Å²) < 4.78 is 11.1. The fourth-order valence-electron chi connectivity index (χ4n) is 2.25. The summed E-state index contributed by atoms with van der Waals surface area (Å²) in [5.41, 5.74) is 0.857. The van der Waals surface area contributed by atoms with E-state index in [-0.39, 0.29) is 0 Å². The summed E-state index contributed by atoms with van der Waals surface area (Å²) in [6.45, 7) is 3.25. The zero-order valence-electron chi connectivity index (χ0n) is 12.4. The molecule has 0 amide bonds. The van der Waals surface area contributed by atoms with Crippen LogP contribution in [-0.4, -0.2) is 47.7 Å². The normalized spacial score (nSPS) is 15.8. The van der Waals surface area contributed by atoms with Crippen LogP contribution in [0.15, 0.2) is 24.4 Å². The van der Waals surface area contributed by atoms with E-state index in [1.54, 1.807) is 6.20 Å². The van der Waals surface area contributed by atoms with Crippen molar-refractivity contribution >= 4 is 16.5 Å². The smallest absolute Gasteiger partial charge is 0.206 e. The minimum Gasteiger partial charge on any atom is -0.381 e. The highest BCUT2D eigenvalue weighted by Gasteiger charge is 2.13. The summed E-state index contributed by atoms with van der Waals surface area (Å²) in [7, 11) is 0. The molecule has 0 unspecified atom stereocenters. The molecule has 3 heterocycles. The molecule has 0 radical (unpaired) electrons. The van der Waals surface area contributed by atoms with Crippen LogP contribution in [-0.2, 0) is 9.47 Å². The average molecular weight is 320 g/mol. The number of rotatable bonds is 7. The summed E-state index contributed by atoms with van der Waals surface area (Å²) in [6.07, 6.45) is 5.10. The molecule has 1 N–H and O–H groups in total. The number of aromatic nitrogens is 3. The van der Waals surface area contributed by atoms with E-state index in [1.165, 1.54) is 11.3 Å². The summed E-state index contributed by atoms with van der Waals surface area (Å²) in [6, 6.07) is 5.78. The van der Waals surface area contributed by atoms with E-state index >= 15 is 0 Å². The first-order chi connectivity index (χ1) is 10.9. The zero-order chi connectivity index (χ0) is 15.0. The van der Waals surface area contributed by atoms with Crippen LogP contribution in [0.1, 0.15) is 19.3 Å². The Balaban J connectivity index is 1.36. The molecule has 1 aliphatic rings. The lowest BCUT2D eigenvalue weighted by Crippen LogP contribution is -2.24. The van der Waals surface area contributed by atoms with Gasteiger partial charge in [-0.2, -0.15) is 0 Å². The molecule has 2 aromatic rings. The summed E-state index contributed by atoms with van der Waals surface area (Å²) >= 11 is 1.52. The van der Waals surface area contributed by atoms with Crippen molar-refractivity contribution in [2.24, 2.45) is 0 Å². The number of ether oxygens (including phenoxy) is 2. The van der Waals surface area contributed by atoms with Gasteiger partial charge < -0.3 is 14.8 Å². The molecule has 118 valence electrons. The third-order valence-electron chi connectivity index (χ3n) is 3.43. The summed E-state index contributed by atoms with van der Waals surface area (Å²) in [5, 5.41) is 13.2. The van der Waals surface area contributed by atoms with Crippen LogP contribution < -0.4 is 5.32 Å². The fourth-order valence-corrected chi connectivity index (χ4v) is 2.99. The molecule has 6 nitrogen and oxygen atoms in total. The molecule has 1 fully saturated rings. The van der Waals surface area contributed by atoms with Crippen LogP contribution in [0.25, 0.3) is 10.7 Å². The van der Waals surface area contributed by atoms with Gasteiger partial charge in [0.15, 0.2) is 5.01 Å². The first-order valence-electron chi connectivity index (χ1n) is 7.60. The molecule has 0 bridgehead atoms. The lowest BCUT2D eigenvalue weighted by molar-refractivity contribution is -0.0316. The molecule has 0 atom stereocenters. The maximum absolute atomic E-state index is 5.83. The number of nitrogens with zero attached hydrogens (tertiary/aromatic N) is 3. The number of nitrogens with one attached hydrogen (secondary N) is 1. The van der Waals surface area contributed by atoms with Gasteiger partial charge in [0.2, 0.25) is 5.13 Å². The zero-order valence-corrected chi connectivity index (χ0v) is 13.2. The molecular weight excluding hydrogens is 300 g/mol. The van der Waals surface area contributed by atoms with Crippen molar-refractivity contribution in [1.82, 2.24) is 15.2 Å². The Morgan fingerprint density at radius 2 is 2.18 bits per heavy atom. The van der Waals surface area contributed by atoms with Gasteiger partial charge in [-0.15, -0.1) is 10.2 Å². The predicted molar refractivity (Wildman–Crippen MR) is 86.0 cm³/mol. The molecule has 0 saturated carbocycles. The molecule has 0 spiro atoms. The Kier molecular flexibility index (Phi) is 5.69. The minimum absolute atomic E-state index is 0.367. The molecule has 7 heteroatoms. The van der Waals surface area contributed by atoms with Crippen molar-refractivity contribution in [3.05, 3.63) is 24.4 Å². The lowest BCUT2D eigenvalue weighted by Gasteiger charge is -2.22. The number of anilines is 1. The van der Waals surface area contributed by atoms with Crippen molar-refractivity contribution in [2.75, 3.05) is 31.7 Å². The molecule has 1 aliphatic heterocycles. The highest BCUT2D eigenvalue weighted by Crippen LogP contribution is 2.24. The number of hydrogen-bond donors (Lipinski definition) is 1. The predicted octanol–water partition coefficient (Wildman–Crippen LogP) is 2.60. The Morgan fingerprint density at radius 1 is 1.27 bits per heavy atom. The molecule has 1 saturated heterocycles. The van der Waals surface area contributed by atoms with Gasteiger partial charge in [-0.1, -0.05) is 17.4 Å². The second kappa shape index (κ2) is 8.17. The standard InChI is InChI=1S/C15H20N4O2S/c1-2-7-16-13(4-1)14-18-19-15(22-14)17-8-3-9-21-12-5-10-20-11-6-12/h1-2,4,7,12H,3,5-6,8-11H2,(H,17,19). The van der Waals surface area contributed by atoms with E-state index in [2.05, 4.69) is 20.5 Å². The van der Waals surface area contributed by atoms with E-state index in [1.807, 2.05) is 18.2 Å². The van der Waals surface area contributed by atoms with Gasteiger partial charge in [-0.25, -0.2) is 0 Å². The molecule has 3 rings (SSSR count). The minimum atomic E-state index is 0.367. The highest BCUT2D eigenvalue weighted by molar-refractivity contribution is 7.18. The van der Waals surface area contributed by atoms with Crippen LogP contribution in [0.3, 0.4) is 0 Å². The van der Waals surface area contributed by atoms with Crippen LogP contribution >= 0.6 is 11.3 Å². The molecule has 0 aromatic carbocycles. The van der Waals surface area contributed by atoms with Gasteiger partial charge in [0, 0.05) is 32.6 Å². The Bertz CT molecular complexity index is 558. The number of hydrogen-bond acceptors (Lipinski definition) is 7. The first-order valence-corrected chi connectivity index (χ1v) is 8.41. The number of pyridine rings is 1. The third kappa shape index (κ3) is 4.46. The van der Waals surface area contributed by atoms with Crippen LogP contribution in [0.4, 0.5) is 5.13 Å². The topological polar surface area (TPSA) is 69.2 Å². The van der Waals surface area contributed by atoms with E-state index in [4.69, 9.17) is 9.47 Å². The van der Waals surface area contributed by atoms with Crippen molar-refractivity contribution in [3.8, 4) is 10.7 Å². The Morgan fingerprint density at radius 3 is 3.00 bits per heavy atom. The fraction of sp³-hybridized carbons (Fsp3) is 0.533. The Labute approximate surface area is 133 Å². The Hall–Kier alpha value is -1.57. The van der Waals surface area contributed by atoms with Gasteiger partial charge >= 0.3 is 0 Å². The van der Waals surface area contributed by atoms with Gasteiger partial charge in [0.1, 0.15) is 5.69 Å². The van der Waals surface area contributed by atoms with Gasteiger partial charge in [-0.05, 0) is 31.4 Å². The largest absolute Gasteiger partial charge is 0.381 e. The van der Waals surface area contributed by atoms with Crippen molar-refractivity contribution in [3.63, 3.8) is 0 Å². The van der Waals surface area contributed by atoms with Crippen LogP contribution in [0, 0.1) is 0 Å². The first kappa shape index (κ1) is 15.3. The maximum Gasteiger partial charge on any atom is 0.206 e. The second-order valence-electron chi connectivity index (χ2n) is 5.09. The van der Waals surface area contributed by atoms with E-state index in [0.29, 0.717) is 6.10 Å². The average Bonchev–Trinajstić information content (AvgIpc) is 3.05. The molecule has 0 aliphatic carbocycles. The molecular formula is C15H20N4O2S. The SMILES string of the molecule is c1ccc(-c2nnc(NCCCOC3CCOCC3)s2)nc1. The lowest BCUT2D eigenvalue weighted by atomic mass is 10.1. The van der Waals surface area contributed by atoms with E-state index in [0.717, 1.165) is 61.5 Å². The highest BCUT2D eigenvalue weighted by atomic mass is 32.1. The monoisotopic (exact) mass is 320 g/mol. The van der Waals surface area contributed by atoms with Gasteiger partial charge in [-0.3, -0.25) is 4.98 Å². The third-order valence-corrected chi connectivity index (χ3v) is 4.33. The van der Waals surface area contributed by atoms with E-state index < -0.39 is 0 Å². The van der Waals surface area contributed by atoms with Crippen molar-refractivity contribution < 1.29 is 9.47 Å². The quantitative estimate of drug-likeness (QED) is 0.791. The van der Waals surface area contributed by atoms with Crippen molar-refractivity contribution in [2.45, 2.75) is 25.4 Å². The van der Waals surface area contributed by atoms with Crippen LogP contribution in [0.5, 0.6) is 0 Å².